The normalized spacial score (nSPS) is 11.0. The standard InChI is InChI=1S/C21H20Cl2N4O4/c1-12(2)10-25-19(28)13(9-24)7-15-4-5-16(31-15)11-26-20(29)21(30)27-14-3-6-17(22)18(23)8-14/h3-8,12H,10-11H2,1-2H3,(H,25,28)(H,26,29)(H,27,30)/b13-7-. The van der Waals surface area contributed by atoms with Gasteiger partial charge in [0.05, 0.1) is 16.6 Å². The number of nitrogens with zero attached hydrogens (tertiary/aromatic N) is 1. The van der Waals surface area contributed by atoms with Crippen LogP contribution in [0.25, 0.3) is 6.08 Å². The minimum Gasteiger partial charge on any atom is -0.460 e. The van der Waals surface area contributed by atoms with E-state index in [0.717, 1.165) is 0 Å². The first-order valence-corrected chi connectivity index (χ1v) is 9.98. The Hall–Kier alpha value is -3.28. The number of carbonyl (C=O) groups excluding carboxylic acids is 3. The van der Waals surface area contributed by atoms with E-state index in [1.807, 2.05) is 19.9 Å². The zero-order valence-corrected chi connectivity index (χ0v) is 18.3. The Morgan fingerprint density at radius 1 is 1.06 bits per heavy atom. The highest BCUT2D eigenvalue weighted by Gasteiger charge is 2.15. The summed E-state index contributed by atoms with van der Waals surface area (Å²) >= 11 is 11.7. The van der Waals surface area contributed by atoms with Gasteiger partial charge in [0.2, 0.25) is 0 Å². The Kier molecular flexibility index (Phi) is 8.67. The highest BCUT2D eigenvalue weighted by molar-refractivity contribution is 6.42. The number of anilines is 1. The average Bonchev–Trinajstić information content (AvgIpc) is 3.18. The van der Waals surface area contributed by atoms with Crippen molar-refractivity contribution in [3.63, 3.8) is 0 Å². The molecule has 1 aromatic carbocycles. The maximum atomic E-state index is 12.0. The largest absolute Gasteiger partial charge is 0.460 e. The minimum atomic E-state index is -0.890. The summed E-state index contributed by atoms with van der Waals surface area (Å²) in [6, 6.07) is 9.36. The van der Waals surface area contributed by atoms with Gasteiger partial charge in [0, 0.05) is 18.3 Å². The van der Waals surface area contributed by atoms with E-state index in [1.54, 1.807) is 12.1 Å². The van der Waals surface area contributed by atoms with Crippen LogP contribution >= 0.6 is 23.2 Å². The van der Waals surface area contributed by atoms with Crippen molar-refractivity contribution < 1.29 is 18.8 Å². The van der Waals surface area contributed by atoms with Gasteiger partial charge in [-0.05, 0) is 36.2 Å². The minimum absolute atomic E-state index is 0.0666. The molecular weight excluding hydrogens is 443 g/mol. The van der Waals surface area contributed by atoms with Gasteiger partial charge in [0.1, 0.15) is 23.2 Å². The molecule has 8 nitrogen and oxygen atoms in total. The summed E-state index contributed by atoms with van der Waals surface area (Å²) in [6.45, 7) is 4.25. The van der Waals surface area contributed by atoms with Crippen LogP contribution in [0.5, 0.6) is 0 Å². The van der Waals surface area contributed by atoms with Crippen LogP contribution in [0.4, 0.5) is 5.69 Å². The zero-order chi connectivity index (χ0) is 23.0. The Bertz CT molecular complexity index is 1050. The molecule has 0 bridgehead atoms. The van der Waals surface area contributed by atoms with Gasteiger partial charge in [0.25, 0.3) is 5.91 Å². The Morgan fingerprint density at radius 3 is 2.45 bits per heavy atom. The molecule has 0 aliphatic carbocycles. The van der Waals surface area contributed by atoms with Crippen LogP contribution in [0.2, 0.25) is 10.0 Å². The second kappa shape index (κ2) is 11.2. The molecule has 0 spiro atoms. The number of halogens is 2. The van der Waals surface area contributed by atoms with Crippen LogP contribution in [0.1, 0.15) is 25.4 Å². The molecule has 2 rings (SSSR count). The molecule has 0 radical (unpaired) electrons. The molecule has 2 aromatic rings. The summed E-state index contributed by atoms with van der Waals surface area (Å²) in [5.74, 6) is -1.43. The molecule has 3 N–H and O–H groups in total. The highest BCUT2D eigenvalue weighted by Crippen LogP contribution is 2.24. The van der Waals surface area contributed by atoms with E-state index in [2.05, 4.69) is 16.0 Å². The van der Waals surface area contributed by atoms with Crippen molar-refractivity contribution in [3.05, 3.63) is 57.5 Å². The molecule has 0 saturated carbocycles. The first kappa shape index (κ1) is 24.0. The molecule has 1 heterocycles. The summed E-state index contributed by atoms with van der Waals surface area (Å²) < 4.78 is 5.48. The number of amides is 3. The van der Waals surface area contributed by atoms with E-state index in [-0.39, 0.29) is 28.8 Å². The van der Waals surface area contributed by atoms with Gasteiger partial charge in [-0.2, -0.15) is 5.26 Å². The van der Waals surface area contributed by atoms with Crippen molar-refractivity contribution in [1.82, 2.24) is 10.6 Å². The number of nitrogens with one attached hydrogen (secondary N) is 3. The van der Waals surface area contributed by atoms with Crippen LogP contribution in [-0.4, -0.2) is 24.3 Å². The first-order chi connectivity index (χ1) is 14.7. The molecule has 1 aromatic heterocycles. The third-order valence-electron chi connectivity index (χ3n) is 3.81. The third kappa shape index (κ3) is 7.48. The number of furan rings is 1. The van der Waals surface area contributed by atoms with Gasteiger partial charge in [-0.3, -0.25) is 14.4 Å². The summed E-state index contributed by atoms with van der Waals surface area (Å²) in [6.07, 6.45) is 1.30. The SMILES string of the molecule is CC(C)CNC(=O)/C(C#N)=C\c1ccc(CNC(=O)C(=O)Nc2ccc(Cl)c(Cl)c2)o1. The molecule has 3 amide bonds. The molecule has 0 atom stereocenters. The molecule has 31 heavy (non-hydrogen) atoms. The number of benzene rings is 1. The van der Waals surface area contributed by atoms with E-state index in [0.29, 0.717) is 23.0 Å². The van der Waals surface area contributed by atoms with Gasteiger partial charge in [-0.1, -0.05) is 37.0 Å². The molecule has 0 saturated heterocycles. The predicted octanol–water partition coefficient (Wildman–Crippen LogP) is 3.52. The Morgan fingerprint density at radius 2 is 1.81 bits per heavy atom. The number of nitriles is 1. The van der Waals surface area contributed by atoms with Gasteiger partial charge >= 0.3 is 11.8 Å². The smallest absolute Gasteiger partial charge is 0.313 e. The van der Waals surface area contributed by atoms with Crippen molar-refractivity contribution >= 4 is 52.7 Å². The maximum Gasteiger partial charge on any atom is 0.313 e. The Balaban J connectivity index is 1.92. The van der Waals surface area contributed by atoms with Crippen molar-refractivity contribution in [2.45, 2.75) is 20.4 Å². The van der Waals surface area contributed by atoms with Crippen LogP contribution in [0.3, 0.4) is 0 Å². The molecular formula is C21H20Cl2N4O4. The van der Waals surface area contributed by atoms with Crippen molar-refractivity contribution in [3.8, 4) is 6.07 Å². The lowest BCUT2D eigenvalue weighted by atomic mass is 10.2. The second-order valence-electron chi connectivity index (χ2n) is 6.84. The van der Waals surface area contributed by atoms with E-state index in [4.69, 9.17) is 27.6 Å². The lowest BCUT2D eigenvalue weighted by molar-refractivity contribution is -0.136. The molecule has 0 unspecified atom stereocenters. The maximum absolute atomic E-state index is 12.0. The highest BCUT2D eigenvalue weighted by atomic mass is 35.5. The summed E-state index contributed by atoms with van der Waals surface area (Å²) in [5, 5.41) is 17.2. The third-order valence-corrected chi connectivity index (χ3v) is 4.55. The summed E-state index contributed by atoms with van der Waals surface area (Å²) in [7, 11) is 0. The number of hydrogen-bond donors (Lipinski definition) is 3. The van der Waals surface area contributed by atoms with E-state index in [1.165, 1.54) is 24.3 Å². The van der Waals surface area contributed by atoms with Crippen LogP contribution in [0, 0.1) is 17.2 Å². The number of rotatable bonds is 7. The number of hydrogen-bond acceptors (Lipinski definition) is 5. The van der Waals surface area contributed by atoms with Gasteiger partial charge < -0.3 is 20.4 Å². The van der Waals surface area contributed by atoms with Gasteiger partial charge in [0.15, 0.2) is 0 Å². The summed E-state index contributed by atoms with van der Waals surface area (Å²) in [4.78, 5) is 36.0. The fraction of sp³-hybridized carbons (Fsp3) is 0.238. The fourth-order valence-corrected chi connectivity index (χ4v) is 2.56. The lowest BCUT2D eigenvalue weighted by Gasteiger charge is -2.06. The van der Waals surface area contributed by atoms with Crippen LogP contribution in [-0.2, 0) is 20.9 Å². The van der Waals surface area contributed by atoms with E-state index >= 15 is 0 Å². The van der Waals surface area contributed by atoms with Crippen molar-refractivity contribution in [1.29, 1.82) is 5.26 Å². The topological polar surface area (TPSA) is 124 Å². The van der Waals surface area contributed by atoms with E-state index < -0.39 is 17.7 Å². The van der Waals surface area contributed by atoms with Gasteiger partial charge in [-0.15, -0.1) is 0 Å². The van der Waals surface area contributed by atoms with Crippen molar-refractivity contribution in [2.24, 2.45) is 5.92 Å². The quantitative estimate of drug-likeness (QED) is 0.329. The van der Waals surface area contributed by atoms with Crippen LogP contribution in [0.15, 0.2) is 40.3 Å². The molecule has 0 aliphatic rings. The van der Waals surface area contributed by atoms with Crippen LogP contribution < -0.4 is 16.0 Å². The Labute approximate surface area is 189 Å². The molecule has 0 fully saturated rings. The number of carbonyl (C=O) groups is 3. The van der Waals surface area contributed by atoms with Gasteiger partial charge in [-0.25, -0.2) is 0 Å². The predicted molar refractivity (Wildman–Crippen MR) is 117 cm³/mol. The molecule has 162 valence electrons. The van der Waals surface area contributed by atoms with Crippen molar-refractivity contribution in [2.75, 3.05) is 11.9 Å². The summed E-state index contributed by atoms with van der Waals surface area (Å²) in [5.41, 5.74) is 0.214. The lowest BCUT2D eigenvalue weighted by Crippen LogP contribution is -2.34. The molecule has 10 heteroatoms. The van der Waals surface area contributed by atoms with E-state index in [9.17, 15) is 19.6 Å². The molecule has 0 aliphatic heterocycles. The first-order valence-electron chi connectivity index (χ1n) is 9.22. The zero-order valence-electron chi connectivity index (χ0n) is 16.8. The second-order valence-corrected chi connectivity index (χ2v) is 7.66. The fourth-order valence-electron chi connectivity index (χ4n) is 2.26. The average molecular weight is 463 g/mol. The monoisotopic (exact) mass is 462 g/mol.